The molecule has 1 aliphatic rings. The number of rotatable bonds is 6. The van der Waals surface area contributed by atoms with Crippen LogP contribution < -0.4 is 10.2 Å². The lowest BCUT2D eigenvalue weighted by Crippen LogP contribution is -2.37. The van der Waals surface area contributed by atoms with Crippen molar-refractivity contribution in [3.63, 3.8) is 0 Å². The van der Waals surface area contributed by atoms with E-state index in [2.05, 4.69) is 5.32 Å². The monoisotopic (exact) mass is 451 g/mol. The van der Waals surface area contributed by atoms with Crippen molar-refractivity contribution in [3.05, 3.63) is 96.1 Å². The standard InChI is InChI=1S/C24H19F2N3O2S/c25-17-8-6-16(7-9-17)15-28-21(14-22(30)27-19-12-10-18(26)11-13-19)23(31)29(24(28)32)20-4-2-1-3-5-20/h1-13,21H,14-15H2,(H,27,30)/t21-/m1/s1. The molecule has 162 valence electrons. The summed E-state index contributed by atoms with van der Waals surface area (Å²) < 4.78 is 26.5. The molecule has 3 aromatic carbocycles. The first kappa shape index (κ1) is 21.6. The van der Waals surface area contributed by atoms with Gasteiger partial charge in [-0.2, -0.15) is 0 Å². The van der Waals surface area contributed by atoms with Gasteiger partial charge in [-0.1, -0.05) is 30.3 Å². The third kappa shape index (κ3) is 4.65. The molecule has 32 heavy (non-hydrogen) atoms. The molecule has 1 atom stereocenters. The maximum Gasteiger partial charge on any atom is 0.256 e. The largest absolute Gasteiger partial charge is 0.332 e. The van der Waals surface area contributed by atoms with E-state index >= 15 is 0 Å². The average Bonchev–Trinajstić information content (AvgIpc) is 3.01. The highest BCUT2D eigenvalue weighted by molar-refractivity contribution is 7.80. The number of anilines is 2. The Labute approximate surface area is 189 Å². The summed E-state index contributed by atoms with van der Waals surface area (Å²) in [6, 6.07) is 19.4. The zero-order chi connectivity index (χ0) is 22.7. The van der Waals surface area contributed by atoms with Gasteiger partial charge in [-0.3, -0.25) is 14.5 Å². The predicted molar refractivity (Wildman–Crippen MR) is 122 cm³/mol. The van der Waals surface area contributed by atoms with Crippen LogP contribution in [-0.4, -0.2) is 27.9 Å². The lowest BCUT2D eigenvalue weighted by atomic mass is 10.1. The molecule has 2 amide bonds. The molecule has 5 nitrogen and oxygen atoms in total. The number of carbonyl (C=O) groups excluding carboxylic acids is 2. The Kier molecular flexibility index (Phi) is 6.23. The number of nitrogens with zero attached hydrogens (tertiary/aromatic N) is 2. The Morgan fingerprint density at radius 3 is 2.12 bits per heavy atom. The number of carbonyl (C=O) groups is 2. The van der Waals surface area contributed by atoms with Crippen LogP contribution in [0.1, 0.15) is 12.0 Å². The van der Waals surface area contributed by atoms with Crippen LogP contribution in [0.2, 0.25) is 0 Å². The second-order valence-corrected chi connectivity index (χ2v) is 7.69. The number of nitrogens with one attached hydrogen (secondary N) is 1. The third-order valence-electron chi connectivity index (χ3n) is 5.11. The molecule has 0 aliphatic carbocycles. The SMILES string of the molecule is O=C(C[C@@H]1C(=O)N(c2ccccc2)C(=S)N1Cc1ccc(F)cc1)Nc1ccc(F)cc1. The summed E-state index contributed by atoms with van der Waals surface area (Å²) in [5.41, 5.74) is 1.78. The molecule has 1 aliphatic heterocycles. The summed E-state index contributed by atoms with van der Waals surface area (Å²) in [5, 5.41) is 2.95. The molecule has 0 saturated carbocycles. The van der Waals surface area contributed by atoms with Crippen LogP contribution in [0.3, 0.4) is 0 Å². The van der Waals surface area contributed by atoms with Crippen molar-refractivity contribution in [2.75, 3.05) is 10.2 Å². The lowest BCUT2D eigenvalue weighted by molar-refractivity contribution is -0.124. The lowest BCUT2D eigenvalue weighted by Gasteiger charge is -2.24. The van der Waals surface area contributed by atoms with E-state index in [9.17, 15) is 18.4 Å². The minimum Gasteiger partial charge on any atom is -0.332 e. The summed E-state index contributed by atoms with van der Waals surface area (Å²) in [4.78, 5) is 29.1. The van der Waals surface area contributed by atoms with Crippen LogP contribution in [-0.2, 0) is 16.1 Å². The molecule has 4 rings (SSSR count). The van der Waals surface area contributed by atoms with Gasteiger partial charge >= 0.3 is 0 Å². The van der Waals surface area contributed by atoms with E-state index in [4.69, 9.17) is 12.2 Å². The van der Waals surface area contributed by atoms with Crippen molar-refractivity contribution >= 4 is 40.5 Å². The van der Waals surface area contributed by atoms with Crippen LogP contribution in [0.15, 0.2) is 78.9 Å². The van der Waals surface area contributed by atoms with Crippen LogP contribution in [0.25, 0.3) is 0 Å². The zero-order valence-electron chi connectivity index (χ0n) is 16.9. The number of para-hydroxylation sites is 1. The summed E-state index contributed by atoms with van der Waals surface area (Å²) in [7, 11) is 0. The quantitative estimate of drug-likeness (QED) is 0.561. The first-order valence-corrected chi connectivity index (χ1v) is 10.3. The van der Waals surface area contributed by atoms with Gasteiger partial charge in [0.05, 0.1) is 12.1 Å². The molecule has 0 spiro atoms. The maximum atomic E-state index is 13.3. The van der Waals surface area contributed by atoms with Crippen molar-refractivity contribution in [1.29, 1.82) is 0 Å². The highest BCUT2D eigenvalue weighted by atomic mass is 32.1. The molecular formula is C24H19F2N3O2S. The fraction of sp³-hybridized carbons (Fsp3) is 0.125. The molecule has 1 fully saturated rings. The van der Waals surface area contributed by atoms with E-state index < -0.39 is 17.8 Å². The zero-order valence-corrected chi connectivity index (χ0v) is 17.7. The normalized spacial score (nSPS) is 15.9. The van der Waals surface area contributed by atoms with Gasteiger partial charge in [-0.05, 0) is 66.3 Å². The van der Waals surface area contributed by atoms with Crippen molar-refractivity contribution in [3.8, 4) is 0 Å². The fourth-order valence-electron chi connectivity index (χ4n) is 3.54. The Balaban J connectivity index is 1.58. The number of hydrogen-bond acceptors (Lipinski definition) is 3. The molecular weight excluding hydrogens is 432 g/mol. The van der Waals surface area contributed by atoms with E-state index in [1.807, 2.05) is 6.07 Å². The Hall–Kier alpha value is -3.65. The van der Waals surface area contributed by atoms with Crippen LogP contribution in [0.5, 0.6) is 0 Å². The summed E-state index contributed by atoms with van der Waals surface area (Å²) in [6.45, 7) is 0.239. The molecule has 1 saturated heterocycles. The van der Waals surface area contributed by atoms with Gasteiger partial charge in [0.25, 0.3) is 5.91 Å². The van der Waals surface area contributed by atoms with Crippen LogP contribution >= 0.6 is 12.2 Å². The summed E-state index contributed by atoms with van der Waals surface area (Å²) in [6.07, 6.45) is -0.152. The molecule has 1 N–H and O–H groups in total. The molecule has 8 heteroatoms. The van der Waals surface area contributed by atoms with Gasteiger partial charge < -0.3 is 10.2 Å². The van der Waals surface area contributed by atoms with Crippen molar-refractivity contribution in [2.24, 2.45) is 0 Å². The van der Waals surface area contributed by atoms with Gasteiger partial charge in [0, 0.05) is 12.2 Å². The minimum absolute atomic E-state index is 0.152. The van der Waals surface area contributed by atoms with E-state index in [0.717, 1.165) is 5.56 Å². The average molecular weight is 451 g/mol. The Morgan fingerprint density at radius 2 is 1.50 bits per heavy atom. The van der Waals surface area contributed by atoms with Gasteiger partial charge in [0.2, 0.25) is 5.91 Å². The molecule has 1 heterocycles. The highest BCUT2D eigenvalue weighted by Gasteiger charge is 2.44. The van der Waals surface area contributed by atoms with Gasteiger partial charge in [0.1, 0.15) is 17.7 Å². The van der Waals surface area contributed by atoms with Crippen molar-refractivity contribution in [2.45, 2.75) is 19.0 Å². The molecule has 0 bridgehead atoms. The van der Waals surface area contributed by atoms with E-state index in [1.54, 1.807) is 41.3 Å². The second-order valence-electron chi connectivity index (χ2n) is 7.32. The minimum atomic E-state index is -0.840. The predicted octanol–water partition coefficient (Wildman–Crippen LogP) is 4.50. The van der Waals surface area contributed by atoms with E-state index in [1.165, 1.54) is 41.3 Å². The number of halogens is 2. The van der Waals surface area contributed by atoms with E-state index in [0.29, 0.717) is 11.4 Å². The van der Waals surface area contributed by atoms with Crippen LogP contribution in [0.4, 0.5) is 20.2 Å². The van der Waals surface area contributed by atoms with Crippen LogP contribution in [0, 0.1) is 11.6 Å². The fourth-order valence-corrected chi connectivity index (χ4v) is 3.92. The van der Waals surface area contributed by atoms with E-state index in [-0.39, 0.29) is 29.8 Å². The Bertz CT molecular complexity index is 1140. The van der Waals surface area contributed by atoms with Gasteiger partial charge in [-0.15, -0.1) is 0 Å². The number of hydrogen-bond donors (Lipinski definition) is 1. The second kappa shape index (κ2) is 9.23. The van der Waals surface area contributed by atoms with Gasteiger partial charge in [-0.25, -0.2) is 8.78 Å². The maximum absolute atomic E-state index is 13.3. The van der Waals surface area contributed by atoms with Gasteiger partial charge in [0.15, 0.2) is 5.11 Å². The highest BCUT2D eigenvalue weighted by Crippen LogP contribution is 2.29. The molecule has 0 radical (unpaired) electrons. The Morgan fingerprint density at radius 1 is 0.906 bits per heavy atom. The first-order valence-electron chi connectivity index (χ1n) is 9.92. The number of amides is 2. The van der Waals surface area contributed by atoms with Crippen molar-refractivity contribution in [1.82, 2.24) is 4.90 Å². The summed E-state index contributed by atoms with van der Waals surface area (Å²) in [5.74, 6) is -1.51. The summed E-state index contributed by atoms with van der Waals surface area (Å²) >= 11 is 5.60. The molecule has 0 aromatic heterocycles. The third-order valence-corrected chi connectivity index (χ3v) is 5.52. The first-order chi connectivity index (χ1) is 15.4. The molecule has 3 aromatic rings. The van der Waals surface area contributed by atoms with Crippen molar-refractivity contribution < 1.29 is 18.4 Å². The number of benzene rings is 3. The topological polar surface area (TPSA) is 52.7 Å². The molecule has 0 unspecified atom stereocenters. The number of thiocarbonyl (C=S) groups is 1. The smallest absolute Gasteiger partial charge is 0.256 e.